The van der Waals surface area contributed by atoms with Crippen molar-refractivity contribution < 1.29 is 4.74 Å². The summed E-state index contributed by atoms with van der Waals surface area (Å²) < 4.78 is 5.16. The maximum atomic E-state index is 5.16. The zero-order valence-electron chi connectivity index (χ0n) is 9.41. The van der Waals surface area contributed by atoms with Crippen LogP contribution in [0.15, 0.2) is 24.3 Å². The molecule has 1 heteroatoms. The summed E-state index contributed by atoms with van der Waals surface area (Å²) in [7, 11) is 1.71. The average molecular weight is 203 g/mol. The van der Waals surface area contributed by atoms with Crippen LogP contribution in [0.25, 0.3) is 0 Å². The molecule has 0 amide bonds. The fraction of sp³-hybridized carbons (Fsp3) is 0.500. The number of ether oxygens (including phenoxy) is 1. The fourth-order valence-electron chi connectivity index (χ4n) is 2.37. The predicted octanol–water partition coefficient (Wildman–Crippen LogP) is 3.80. The first kappa shape index (κ1) is 10.5. The number of rotatable bonds is 2. The van der Waals surface area contributed by atoms with Gasteiger partial charge in [0.1, 0.15) is 5.75 Å². The summed E-state index contributed by atoms with van der Waals surface area (Å²) in [4.78, 5) is 0. The quantitative estimate of drug-likeness (QED) is 0.710. The van der Waals surface area contributed by atoms with Crippen molar-refractivity contribution in [2.75, 3.05) is 7.11 Å². The number of hydrogen-bond acceptors (Lipinski definition) is 1. The lowest BCUT2D eigenvalue weighted by Gasteiger charge is -2.26. The van der Waals surface area contributed by atoms with Crippen LogP contribution in [0.2, 0.25) is 0 Å². The number of benzene rings is 1. The highest BCUT2D eigenvalue weighted by atomic mass is 16.5. The summed E-state index contributed by atoms with van der Waals surface area (Å²) in [5.41, 5.74) is 1.46. The van der Waals surface area contributed by atoms with Gasteiger partial charge in [-0.15, -0.1) is 0 Å². The van der Waals surface area contributed by atoms with Crippen LogP contribution >= 0.6 is 0 Å². The van der Waals surface area contributed by atoms with Crippen molar-refractivity contribution in [1.82, 2.24) is 0 Å². The average Bonchev–Trinajstić information content (AvgIpc) is 2.30. The van der Waals surface area contributed by atoms with Gasteiger partial charge < -0.3 is 4.74 Å². The van der Waals surface area contributed by atoms with Gasteiger partial charge in [-0.1, -0.05) is 19.1 Å². The molecule has 0 aromatic heterocycles. The van der Waals surface area contributed by atoms with E-state index < -0.39 is 0 Å². The van der Waals surface area contributed by atoms with Crippen LogP contribution in [0.5, 0.6) is 5.75 Å². The Labute approximate surface area is 92.5 Å². The van der Waals surface area contributed by atoms with E-state index in [-0.39, 0.29) is 0 Å². The first-order valence-corrected chi connectivity index (χ1v) is 5.76. The summed E-state index contributed by atoms with van der Waals surface area (Å²) >= 11 is 0. The Hall–Kier alpha value is -0.980. The molecular formula is C14H19O. The third-order valence-electron chi connectivity index (χ3n) is 3.43. The van der Waals surface area contributed by atoms with Gasteiger partial charge in [-0.25, -0.2) is 0 Å². The van der Waals surface area contributed by atoms with E-state index in [0.29, 0.717) is 5.92 Å². The highest BCUT2D eigenvalue weighted by Gasteiger charge is 2.19. The van der Waals surface area contributed by atoms with Crippen molar-refractivity contribution in [1.29, 1.82) is 0 Å². The van der Waals surface area contributed by atoms with E-state index >= 15 is 0 Å². The minimum Gasteiger partial charge on any atom is -0.497 e. The van der Waals surface area contributed by atoms with Crippen LogP contribution in [-0.4, -0.2) is 7.11 Å². The van der Waals surface area contributed by atoms with Gasteiger partial charge in [0.05, 0.1) is 7.11 Å². The van der Waals surface area contributed by atoms with Crippen LogP contribution in [0.4, 0.5) is 0 Å². The van der Waals surface area contributed by atoms with E-state index in [4.69, 9.17) is 4.74 Å². The molecular weight excluding hydrogens is 184 g/mol. The third kappa shape index (κ3) is 2.53. The van der Waals surface area contributed by atoms with E-state index in [9.17, 15) is 0 Å². The summed E-state index contributed by atoms with van der Waals surface area (Å²) in [6.07, 6.45) is 5.13. The largest absolute Gasteiger partial charge is 0.497 e. The summed E-state index contributed by atoms with van der Waals surface area (Å²) in [6.45, 7) is 4.13. The monoisotopic (exact) mass is 203 g/mol. The molecule has 1 aromatic rings. The van der Waals surface area contributed by atoms with Crippen LogP contribution in [-0.2, 0) is 0 Å². The Morgan fingerprint density at radius 1 is 1.07 bits per heavy atom. The Kier molecular flexibility index (Phi) is 3.30. The first-order chi connectivity index (χ1) is 7.29. The van der Waals surface area contributed by atoms with Gasteiger partial charge in [0.15, 0.2) is 0 Å². The van der Waals surface area contributed by atoms with Crippen LogP contribution in [0.1, 0.15) is 37.2 Å². The van der Waals surface area contributed by atoms with Gasteiger partial charge in [0, 0.05) is 0 Å². The maximum Gasteiger partial charge on any atom is 0.118 e. The molecule has 15 heavy (non-hydrogen) atoms. The first-order valence-electron chi connectivity index (χ1n) is 5.76. The molecule has 0 atom stereocenters. The van der Waals surface area contributed by atoms with E-state index in [1.165, 1.54) is 31.2 Å². The molecule has 0 bridgehead atoms. The molecule has 1 aromatic carbocycles. The van der Waals surface area contributed by atoms with Gasteiger partial charge in [0.2, 0.25) is 0 Å². The SMILES string of the molecule is [CH2]C1CCC(c2ccc(OC)cc2)CC1. The molecule has 0 saturated heterocycles. The molecule has 81 valence electrons. The minimum absolute atomic E-state index is 0.680. The van der Waals surface area contributed by atoms with Crippen molar-refractivity contribution in [2.24, 2.45) is 5.92 Å². The topological polar surface area (TPSA) is 9.23 Å². The molecule has 1 aliphatic rings. The molecule has 1 nitrogen and oxygen atoms in total. The second-order valence-electron chi connectivity index (χ2n) is 4.49. The molecule has 0 unspecified atom stereocenters. The van der Waals surface area contributed by atoms with E-state index in [2.05, 4.69) is 31.2 Å². The summed E-state index contributed by atoms with van der Waals surface area (Å²) in [6, 6.07) is 8.52. The lowest BCUT2D eigenvalue weighted by Crippen LogP contribution is -2.10. The second-order valence-corrected chi connectivity index (χ2v) is 4.49. The Balaban J connectivity index is 2.03. The van der Waals surface area contributed by atoms with Crippen molar-refractivity contribution in [3.63, 3.8) is 0 Å². The van der Waals surface area contributed by atoms with Gasteiger partial charge in [-0.2, -0.15) is 0 Å². The molecule has 1 radical (unpaired) electrons. The fourth-order valence-corrected chi connectivity index (χ4v) is 2.37. The molecule has 1 fully saturated rings. The summed E-state index contributed by atoms with van der Waals surface area (Å²) in [5.74, 6) is 2.37. The maximum absolute atomic E-state index is 5.16. The Morgan fingerprint density at radius 3 is 2.20 bits per heavy atom. The highest BCUT2D eigenvalue weighted by Crippen LogP contribution is 2.35. The molecule has 0 heterocycles. The molecule has 1 aliphatic carbocycles. The minimum atomic E-state index is 0.680. The van der Waals surface area contributed by atoms with E-state index in [1.807, 2.05) is 0 Å². The molecule has 2 rings (SSSR count). The Morgan fingerprint density at radius 2 is 1.67 bits per heavy atom. The lowest BCUT2D eigenvalue weighted by atomic mass is 9.79. The second kappa shape index (κ2) is 4.69. The van der Waals surface area contributed by atoms with Crippen LogP contribution in [0.3, 0.4) is 0 Å². The van der Waals surface area contributed by atoms with E-state index in [1.54, 1.807) is 7.11 Å². The number of hydrogen-bond donors (Lipinski definition) is 0. The van der Waals surface area contributed by atoms with Crippen LogP contribution in [0, 0.1) is 12.8 Å². The molecule has 0 N–H and O–H groups in total. The van der Waals surface area contributed by atoms with E-state index in [0.717, 1.165) is 11.7 Å². The van der Waals surface area contributed by atoms with Gasteiger partial charge >= 0.3 is 0 Å². The van der Waals surface area contributed by atoms with Crippen molar-refractivity contribution in [3.8, 4) is 5.75 Å². The van der Waals surface area contributed by atoms with Gasteiger partial charge in [0.25, 0.3) is 0 Å². The van der Waals surface area contributed by atoms with Gasteiger partial charge in [-0.05, 0) is 55.2 Å². The zero-order valence-corrected chi connectivity index (χ0v) is 9.41. The van der Waals surface area contributed by atoms with Gasteiger partial charge in [-0.3, -0.25) is 0 Å². The highest BCUT2D eigenvalue weighted by molar-refractivity contribution is 5.29. The van der Waals surface area contributed by atoms with Crippen molar-refractivity contribution in [2.45, 2.75) is 31.6 Å². The smallest absolute Gasteiger partial charge is 0.118 e. The summed E-state index contributed by atoms with van der Waals surface area (Å²) in [5, 5.41) is 0. The zero-order chi connectivity index (χ0) is 10.7. The standard InChI is InChI=1S/C14H19O/c1-11-3-5-12(6-4-11)13-7-9-14(15-2)10-8-13/h7-12H,1,3-6H2,2H3. The molecule has 0 aliphatic heterocycles. The third-order valence-corrected chi connectivity index (χ3v) is 3.43. The molecule has 1 saturated carbocycles. The predicted molar refractivity (Wildman–Crippen MR) is 63.1 cm³/mol. The van der Waals surface area contributed by atoms with Crippen molar-refractivity contribution >= 4 is 0 Å². The molecule has 0 spiro atoms. The normalized spacial score (nSPS) is 26.3. The van der Waals surface area contributed by atoms with Crippen molar-refractivity contribution in [3.05, 3.63) is 36.8 Å². The number of methoxy groups -OCH3 is 1. The Bertz CT molecular complexity index is 294. The van der Waals surface area contributed by atoms with Crippen LogP contribution < -0.4 is 4.74 Å². The lowest BCUT2D eigenvalue weighted by molar-refractivity contribution is 0.373.